The van der Waals surface area contributed by atoms with Crippen molar-refractivity contribution in [2.24, 2.45) is 0 Å². The molecule has 3 aromatic heterocycles. The molecule has 0 atom stereocenters. The van der Waals surface area contributed by atoms with E-state index in [2.05, 4.69) is 25.4 Å². The van der Waals surface area contributed by atoms with E-state index in [1.54, 1.807) is 4.68 Å². The molecule has 9 nitrogen and oxygen atoms in total. The summed E-state index contributed by atoms with van der Waals surface area (Å²) in [4.78, 5) is 21.6. The molecule has 0 aliphatic rings. The Morgan fingerprint density at radius 1 is 1.00 bits per heavy atom. The van der Waals surface area contributed by atoms with Gasteiger partial charge < -0.3 is 4.52 Å². The summed E-state index contributed by atoms with van der Waals surface area (Å²) < 4.78 is 8.31. The van der Waals surface area contributed by atoms with Gasteiger partial charge in [0.1, 0.15) is 12.9 Å². The third-order valence-electron chi connectivity index (χ3n) is 4.88. The zero-order chi connectivity index (χ0) is 20.5. The first-order chi connectivity index (χ1) is 14.7. The Labute approximate surface area is 170 Å². The van der Waals surface area contributed by atoms with E-state index < -0.39 is 0 Å². The SMILES string of the molecule is Cc1ccccc1Cn1nnc2c(=O)n(Cc3nc(-c4ccccc4)no3)cnc21. The average Bonchev–Trinajstić information content (AvgIpc) is 3.40. The molecule has 0 unspecified atom stereocenters. The van der Waals surface area contributed by atoms with Crippen molar-refractivity contribution in [1.29, 1.82) is 0 Å². The first kappa shape index (κ1) is 17.9. The lowest BCUT2D eigenvalue weighted by Crippen LogP contribution is -2.21. The molecule has 0 aliphatic carbocycles. The van der Waals surface area contributed by atoms with Crippen LogP contribution in [0.15, 0.2) is 70.2 Å². The summed E-state index contributed by atoms with van der Waals surface area (Å²) in [7, 11) is 0. The lowest BCUT2D eigenvalue weighted by molar-refractivity contribution is 0.369. The molecule has 5 aromatic rings. The van der Waals surface area contributed by atoms with Gasteiger partial charge in [-0.3, -0.25) is 9.36 Å². The molecule has 0 amide bonds. The maximum atomic E-state index is 12.9. The molecular weight excluding hydrogens is 382 g/mol. The predicted octanol–water partition coefficient (Wildman–Crippen LogP) is 2.44. The zero-order valence-corrected chi connectivity index (χ0v) is 16.1. The topological polar surface area (TPSA) is 105 Å². The van der Waals surface area contributed by atoms with Gasteiger partial charge in [-0.1, -0.05) is 65.0 Å². The number of aromatic nitrogens is 7. The van der Waals surface area contributed by atoms with Crippen LogP contribution < -0.4 is 5.56 Å². The van der Waals surface area contributed by atoms with E-state index in [0.29, 0.717) is 23.9 Å². The first-order valence-corrected chi connectivity index (χ1v) is 9.40. The van der Waals surface area contributed by atoms with Crippen LogP contribution >= 0.6 is 0 Å². The van der Waals surface area contributed by atoms with Crippen molar-refractivity contribution in [1.82, 2.24) is 34.7 Å². The molecule has 0 bridgehead atoms. The average molecular weight is 399 g/mol. The molecule has 2 aromatic carbocycles. The first-order valence-electron chi connectivity index (χ1n) is 9.40. The van der Waals surface area contributed by atoms with Crippen LogP contribution in [0.1, 0.15) is 17.0 Å². The van der Waals surface area contributed by atoms with E-state index in [4.69, 9.17) is 4.52 Å². The second-order valence-corrected chi connectivity index (χ2v) is 6.90. The number of nitrogens with zero attached hydrogens (tertiary/aromatic N) is 7. The van der Waals surface area contributed by atoms with Crippen LogP contribution in [0.4, 0.5) is 0 Å². The summed E-state index contributed by atoms with van der Waals surface area (Å²) in [5.41, 5.74) is 3.40. The monoisotopic (exact) mass is 399 g/mol. The minimum Gasteiger partial charge on any atom is -0.337 e. The fourth-order valence-electron chi connectivity index (χ4n) is 3.22. The van der Waals surface area contributed by atoms with Crippen molar-refractivity contribution in [2.75, 3.05) is 0 Å². The van der Waals surface area contributed by atoms with Gasteiger partial charge in [0.05, 0.1) is 6.54 Å². The summed E-state index contributed by atoms with van der Waals surface area (Å²) in [5.74, 6) is 0.779. The van der Waals surface area contributed by atoms with E-state index in [9.17, 15) is 4.79 Å². The van der Waals surface area contributed by atoms with Crippen LogP contribution in [0, 0.1) is 6.92 Å². The zero-order valence-electron chi connectivity index (χ0n) is 16.1. The lowest BCUT2D eigenvalue weighted by atomic mass is 10.1. The van der Waals surface area contributed by atoms with Gasteiger partial charge in [-0.05, 0) is 18.1 Å². The molecule has 0 saturated heterocycles. The maximum Gasteiger partial charge on any atom is 0.283 e. The number of aryl methyl sites for hydroxylation is 1. The lowest BCUT2D eigenvalue weighted by Gasteiger charge is -2.06. The Morgan fingerprint density at radius 3 is 2.63 bits per heavy atom. The van der Waals surface area contributed by atoms with Gasteiger partial charge in [-0.2, -0.15) is 4.98 Å². The van der Waals surface area contributed by atoms with Crippen molar-refractivity contribution in [3.05, 3.63) is 88.3 Å². The molecule has 0 saturated carbocycles. The van der Waals surface area contributed by atoms with Gasteiger partial charge in [0.15, 0.2) is 11.2 Å². The molecule has 0 spiro atoms. The number of fused-ring (bicyclic) bond motifs is 1. The van der Waals surface area contributed by atoms with Gasteiger partial charge in [0.2, 0.25) is 11.7 Å². The Balaban J connectivity index is 1.43. The van der Waals surface area contributed by atoms with Gasteiger partial charge in [0.25, 0.3) is 5.56 Å². The minimum absolute atomic E-state index is 0.103. The van der Waals surface area contributed by atoms with Gasteiger partial charge in [-0.15, -0.1) is 5.10 Å². The van der Waals surface area contributed by atoms with E-state index >= 15 is 0 Å². The van der Waals surface area contributed by atoms with Gasteiger partial charge >= 0.3 is 0 Å². The van der Waals surface area contributed by atoms with Crippen molar-refractivity contribution in [3.63, 3.8) is 0 Å². The highest BCUT2D eigenvalue weighted by molar-refractivity contribution is 5.67. The molecule has 0 N–H and O–H groups in total. The predicted molar refractivity (Wildman–Crippen MR) is 109 cm³/mol. The van der Waals surface area contributed by atoms with Crippen LogP contribution in [0.3, 0.4) is 0 Å². The third-order valence-corrected chi connectivity index (χ3v) is 4.88. The molecule has 0 radical (unpaired) electrons. The second-order valence-electron chi connectivity index (χ2n) is 6.90. The number of hydrogen-bond acceptors (Lipinski definition) is 7. The van der Waals surface area contributed by atoms with Crippen molar-refractivity contribution in [2.45, 2.75) is 20.0 Å². The van der Waals surface area contributed by atoms with Crippen molar-refractivity contribution >= 4 is 11.2 Å². The van der Waals surface area contributed by atoms with Gasteiger partial charge in [-0.25, -0.2) is 9.67 Å². The van der Waals surface area contributed by atoms with Crippen molar-refractivity contribution in [3.8, 4) is 11.4 Å². The Hall–Kier alpha value is -4.14. The Kier molecular flexibility index (Phi) is 4.40. The molecule has 3 heterocycles. The van der Waals surface area contributed by atoms with Crippen LogP contribution in [-0.4, -0.2) is 34.7 Å². The fourth-order valence-corrected chi connectivity index (χ4v) is 3.22. The molecular formula is C21H17N7O2. The molecule has 0 aliphatic heterocycles. The number of rotatable bonds is 5. The van der Waals surface area contributed by atoms with E-state index in [1.165, 1.54) is 10.9 Å². The molecule has 30 heavy (non-hydrogen) atoms. The van der Waals surface area contributed by atoms with E-state index in [0.717, 1.165) is 16.7 Å². The van der Waals surface area contributed by atoms with E-state index in [-0.39, 0.29) is 17.6 Å². The summed E-state index contributed by atoms with van der Waals surface area (Å²) in [5, 5.41) is 12.2. The summed E-state index contributed by atoms with van der Waals surface area (Å²) in [6.07, 6.45) is 1.45. The molecule has 9 heteroatoms. The standard InChI is InChI=1S/C21H17N7O2/c1-14-7-5-6-10-16(14)11-28-20-18(24-26-28)21(29)27(13-22-20)12-17-23-19(25-30-17)15-8-3-2-4-9-15/h2-10,13H,11-12H2,1H3. The highest BCUT2D eigenvalue weighted by atomic mass is 16.5. The third kappa shape index (κ3) is 3.26. The number of benzene rings is 2. The van der Waals surface area contributed by atoms with Crippen LogP contribution in [0.25, 0.3) is 22.6 Å². The highest BCUT2D eigenvalue weighted by Gasteiger charge is 2.15. The van der Waals surface area contributed by atoms with Crippen LogP contribution in [0.2, 0.25) is 0 Å². The smallest absolute Gasteiger partial charge is 0.283 e. The van der Waals surface area contributed by atoms with Crippen molar-refractivity contribution < 1.29 is 4.52 Å². The summed E-state index contributed by atoms with van der Waals surface area (Å²) in [6, 6.07) is 17.5. The van der Waals surface area contributed by atoms with Gasteiger partial charge in [0, 0.05) is 5.56 Å². The molecule has 5 rings (SSSR count). The van der Waals surface area contributed by atoms with E-state index in [1.807, 2.05) is 61.5 Å². The van der Waals surface area contributed by atoms with Crippen LogP contribution in [-0.2, 0) is 13.1 Å². The molecule has 148 valence electrons. The number of hydrogen-bond donors (Lipinski definition) is 0. The molecule has 0 fully saturated rings. The quantitative estimate of drug-likeness (QED) is 0.447. The normalized spacial score (nSPS) is 11.2. The highest BCUT2D eigenvalue weighted by Crippen LogP contribution is 2.15. The fraction of sp³-hybridized carbons (Fsp3) is 0.143. The van der Waals surface area contributed by atoms with Crippen LogP contribution in [0.5, 0.6) is 0 Å². The summed E-state index contributed by atoms with van der Waals surface area (Å²) in [6.45, 7) is 2.62. The summed E-state index contributed by atoms with van der Waals surface area (Å²) >= 11 is 0. The largest absolute Gasteiger partial charge is 0.337 e. The minimum atomic E-state index is -0.310. The second kappa shape index (κ2) is 7.36. The maximum absolute atomic E-state index is 12.9. The Morgan fingerprint density at radius 2 is 1.80 bits per heavy atom. The Bertz CT molecular complexity index is 1390.